The summed E-state index contributed by atoms with van der Waals surface area (Å²) in [5.74, 6) is -1.08. The Morgan fingerprint density at radius 1 is 0.368 bits per heavy atom. The van der Waals surface area contributed by atoms with Crippen molar-refractivity contribution in [1.82, 2.24) is 0 Å². The monoisotopic (exact) mass is 787 g/mol. The second-order valence-corrected chi connectivity index (χ2v) is 14.1. The molecular formula is C51H78O6. The summed E-state index contributed by atoms with van der Waals surface area (Å²) in [6.45, 7) is 6.19. The summed E-state index contributed by atoms with van der Waals surface area (Å²) in [6.07, 6.45) is 60.5. The van der Waals surface area contributed by atoms with Gasteiger partial charge in [0.05, 0.1) is 0 Å². The molecule has 0 saturated carbocycles. The highest BCUT2D eigenvalue weighted by Crippen LogP contribution is 2.11. The van der Waals surface area contributed by atoms with Crippen LogP contribution in [0.3, 0.4) is 0 Å². The van der Waals surface area contributed by atoms with E-state index in [1.165, 1.54) is 38.5 Å². The largest absolute Gasteiger partial charge is 0.462 e. The summed E-state index contributed by atoms with van der Waals surface area (Å²) in [5.41, 5.74) is 0. The van der Waals surface area contributed by atoms with Crippen LogP contribution >= 0.6 is 0 Å². The number of unbranched alkanes of at least 4 members (excludes halogenated alkanes) is 13. The summed E-state index contributed by atoms with van der Waals surface area (Å²) in [4.78, 5) is 37.7. The molecule has 318 valence electrons. The number of ether oxygens (including phenoxy) is 3. The van der Waals surface area contributed by atoms with Crippen LogP contribution in [0, 0.1) is 0 Å². The predicted molar refractivity (Wildman–Crippen MR) is 242 cm³/mol. The Morgan fingerprint density at radius 2 is 0.719 bits per heavy atom. The number of hydrogen-bond donors (Lipinski definition) is 0. The standard InChI is InChI=1S/C51H78O6/c1-4-7-10-13-16-19-22-25-28-31-34-37-40-43-49(52)55-46-48(57-51(54)45-42-39-36-33-30-27-24-21-18-15-12-9-6-3)47-56-50(53)44-41-38-35-32-29-26-23-20-17-14-11-8-5-2/h7,9-10,12-13,15-16,18-19,21-22,24-31,34,48H,4-6,8,11,14,17,20,23,32-33,35-47H2,1-3H3/b10-7-,12-9-,16-13-,18-15-,22-19-,24-21-,28-25-,29-26-,30-27-,34-31-. The first-order chi connectivity index (χ1) is 28.0. The minimum atomic E-state index is -0.834. The Kier molecular flexibility index (Phi) is 41.3. The quantitative estimate of drug-likeness (QED) is 0.0205. The fourth-order valence-corrected chi connectivity index (χ4v) is 5.36. The van der Waals surface area contributed by atoms with Crippen molar-refractivity contribution < 1.29 is 28.6 Å². The average molecular weight is 787 g/mol. The van der Waals surface area contributed by atoms with E-state index in [4.69, 9.17) is 14.2 Å². The van der Waals surface area contributed by atoms with E-state index in [0.717, 1.165) is 70.6 Å². The molecule has 0 aromatic carbocycles. The molecule has 6 nitrogen and oxygen atoms in total. The maximum absolute atomic E-state index is 12.7. The second kappa shape index (κ2) is 44.5. The first-order valence-electron chi connectivity index (χ1n) is 22.2. The van der Waals surface area contributed by atoms with Crippen molar-refractivity contribution in [3.63, 3.8) is 0 Å². The SMILES string of the molecule is CC\C=C/C=C\C=C/C=C\C=C/CCCC(=O)OCC(COC(=O)CCCCC/C=C\CCCCCCCC)OC(=O)CCCCC\C=C/C=C\C=C/C=C\CC. The summed E-state index contributed by atoms with van der Waals surface area (Å²) < 4.78 is 16.6. The first-order valence-corrected chi connectivity index (χ1v) is 22.2. The molecule has 0 spiro atoms. The molecule has 57 heavy (non-hydrogen) atoms. The molecule has 0 bridgehead atoms. The number of carbonyl (C=O) groups is 3. The molecule has 0 N–H and O–H groups in total. The molecule has 0 aromatic rings. The fraction of sp³-hybridized carbons (Fsp3) is 0.549. The van der Waals surface area contributed by atoms with Crippen LogP contribution in [-0.2, 0) is 28.6 Å². The topological polar surface area (TPSA) is 78.9 Å². The van der Waals surface area contributed by atoms with Gasteiger partial charge in [-0.1, -0.05) is 187 Å². The minimum Gasteiger partial charge on any atom is -0.462 e. The third kappa shape index (κ3) is 42.8. The maximum atomic E-state index is 12.7. The molecule has 0 aliphatic carbocycles. The molecule has 1 unspecified atom stereocenters. The number of allylic oxidation sites excluding steroid dienone is 20. The number of hydrogen-bond acceptors (Lipinski definition) is 6. The van der Waals surface area contributed by atoms with E-state index in [0.29, 0.717) is 19.3 Å². The van der Waals surface area contributed by atoms with Crippen molar-refractivity contribution in [2.45, 2.75) is 168 Å². The third-order valence-corrected chi connectivity index (χ3v) is 8.65. The van der Waals surface area contributed by atoms with Crippen LogP contribution in [0.1, 0.15) is 162 Å². The Bertz CT molecular complexity index is 1270. The van der Waals surface area contributed by atoms with E-state index in [-0.39, 0.29) is 44.0 Å². The maximum Gasteiger partial charge on any atom is 0.306 e. The Morgan fingerprint density at radius 3 is 1.19 bits per heavy atom. The van der Waals surface area contributed by atoms with Crippen LogP contribution in [0.5, 0.6) is 0 Å². The summed E-state index contributed by atoms with van der Waals surface area (Å²) >= 11 is 0. The number of esters is 3. The van der Waals surface area contributed by atoms with Crippen LogP contribution in [0.2, 0.25) is 0 Å². The van der Waals surface area contributed by atoms with Crippen LogP contribution in [0.15, 0.2) is 122 Å². The van der Waals surface area contributed by atoms with Crippen molar-refractivity contribution in [2.24, 2.45) is 0 Å². The highest BCUT2D eigenvalue weighted by atomic mass is 16.6. The zero-order valence-electron chi connectivity index (χ0n) is 36.0. The van der Waals surface area contributed by atoms with Crippen molar-refractivity contribution in [2.75, 3.05) is 13.2 Å². The summed E-state index contributed by atoms with van der Waals surface area (Å²) in [6, 6.07) is 0. The van der Waals surface area contributed by atoms with Crippen molar-refractivity contribution in [3.8, 4) is 0 Å². The van der Waals surface area contributed by atoms with Gasteiger partial charge in [-0.3, -0.25) is 14.4 Å². The Hall–Kier alpha value is -4.19. The van der Waals surface area contributed by atoms with Gasteiger partial charge in [-0.05, 0) is 77.0 Å². The van der Waals surface area contributed by atoms with Gasteiger partial charge in [-0.25, -0.2) is 0 Å². The average Bonchev–Trinajstić information content (AvgIpc) is 3.21. The smallest absolute Gasteiger partial charge is 0.306 e. The van der Waals surface area contributed by atoms with Crippen LogP contribution < -0.4 is 0 Å². The number of rotatable bonds is 37. The lowest BCUT2D eigenvalue weighted by Gasteiger charge is -2.18. The van der Waals surface area contributed by atoms with E-state index in [2.05, 4.69) is 51.2 Å². The van der Waals surface area contributed by atoms with E-state index in [1.807, 2.05) is 91.1 Å². The predicted octanol–water partition coefficient (Wildman–Crippen LogP) is 14.2. The molecule has 0 amide bonds. The lowest BCUT2D eigenvalue weighted by atomic mass is 10.1. The van der Waals surface area contributed by atoms with Gasteiger partial charge in [0.25, 0.3) is 0 Å². The normalized spacial score (nSPS) is 13.2. The molecule has 0 heterocycles. The molecule has 0 fully saturated rings. The molecule has 0 aromatic heterocycles. The van der Waals surface area contributed by atoms with Crippen molar-refractivity contribution in [1.29, 1.82) is 0 Å². The van der Waals surface area contributed by atoms with Crippen LogP contribution in [-0.4, -0.2) is 37.2 Å². The van der Waals surface area contributed by atoms with E-state index in [9.17, 15) is 14.4 Å². The summed E-state index contributed by atoms with van der Waals surface area (Å²) in [7, 11) is 0. The van der Waals surface area contributed by atoms with Crippen LogP contribution in [0.4, 0.5) is 0 Å². The van der Waals surface area contributed by atoms with E-state index < -0.39 is 6.10 Å². The summed E-state index contributed by atoms with van der Waals surface area (Å²) in [5, 5.41) is 0. The van der Waals surface area contributed by atoms with Gasteiger partial charge in [0.1, 0.15) is 13.2 Å². The van der Waals surface area contributed by atoms with Crippen LogP contribution in [0.25, 0.3) is 0 Å². The van der Waals surface area contributed by atoms with Gasteiger partial charge in [0.15, 0.2) is 6.10 Å². The Labute approximate surface area is 348 Å². The third-order valence-electron chi connectivity index (χ3n) is 8.65. The molecule has 1 atom stereocenters. The second-order valence-electron chi connectivity index (χ2n) is 14.1. The van der Waals surface area contributed by atoms with Gasteiger partial charge < -0.3 is 14.2 Å². The van der Waals surface area contributed by atoms with Gasteiger partial charge in [0, 0.05) is 19.3 Å². The highest BCUT2D eigenvalue weighted by molar-refractivity contribution is 5.71. The van der Waals surface area contributed by atoms with Crippen molar-refractivity contribution in [3.05, 3.63) is 122 Å². The fourth-order valence-electron chi connectivity index (χ4n) is 5.36. The van der Waals surface area contributed by atoms with Gasteiger partial charge in [-0.2, -0.15) is 0 Å². The van der Waals surface area contributed by atoms with Gasteiger partial charge >= 0.3 is 17.9 Å². The lowest BCUT2D eigenvalue weighted by Crippen LogP contribution is -2.30. The molecule has 0 radical (unpaired) electrons. The minimum absolute atomic E-state index is 0.129. The van der Waals surface area contributed by atoms with E-state index in [1.54, 1.807) is 0 Å². The van der Waals surface area contributed by atoms with E-state index >= 15 is 0 Å². The Balaban J connectivity index is 4.62. The number of carbonyl (C=O) groups excluding carboxylic acids is 3. The van der Waals surface area contributed by atoms with Gasteiger partial charge in [-0.15, -0.1) is 0 Å². The first kappa shape index (κ1) is 52.8. The molecule has 0 aliphatic heterocycles. The molecule has 6 heteroatoms. The van der Waals surface area contributed by atoms with Gasteiger partial charge in [0.2, 0.25) is 0 Å². The molecule has 0 aliphatic rings. The molecule has 0 saturated heterocycles. The van der Waals surface area contributed by atoms with Crippen molar-refractivity contribution >= 4 is 17.9 Å². The zero-order valence-corrected chi connectivity index (χ0v) is 36.0. The molecule has 0 rings (SSSR count). The molecular weight excluding hydrogens is 709 g/mol. The highest BCUT2D eigenvalue weighted by Gasteiger charge is 2.19. The zero-order chi connectivity index (χ0) is 41.5. The lowest BCUT2D eigenvalue weighted by molar-refractivity contribution is -0.167.